The Kier molecular flexibility index (Phi) is 13.1. The van der Waals surface area contributed by atoms with Crippen LogP contribution in [0.1, 0.15) is 52.2 Å². The summed E-state index contributed by atoms with van der Waals surface area (Å²) in [5.74, 6) is 3.85. The number of hydrogen-bond acceptors (Lipinski definition) is 8. The van der Waals surface area contributed by atoms with Crippen LogP contribution < -0.4 is 15.0 Å². The van der Waals surface area contributed by atoms with Crippen LogP contribution in [0.15, 0.2) is 30.5 Å². The largest absolute Gasteiger partial charge is 0.491 e. The van der Waals surface area contributed by atoms with E-state index in [2.05, 4.69) is 22.1 Å². The number of nitrogens with zero attached hydrogens (tertiary/aromatic N) is 3. The first-order valence-corrected chi connectivity index (χ1v) is 12.9. The van der Waals surface area contributed by atoms with Gasteiger partial charge in [-0.05, 0) is 52.8 Å². The van der Waals surface area contributed by atoms with Gasteiger partial charge in [0.1, 0.15) is 24.1 Å². The molecule has 1 aromatic heterocycles. The summed E-state index contributed by atoms with van der Waals surface area (Å²) < 4.78 is 51.1. The quantitative estimate of drug-likeness (QED) is 0.272. The van der Waals surface area contributed by atoms with Crippen LogP contribution in [0.5, 0.6) is 5.75 Å². The summed E-state index contributed by atoms with van der Waals surface area (Å²) in [7, 11) is 0. The second kappa shape index (κ2) is 16.2. The van der Waals surface area contributed by atoms with Crippen molar-refractivity contribution in [2.24, 2.45) is 0 Å². The Morgan fingerprint density at radius 1 is 1.10 bits per heavy atom. The lowest BCUT2D eigenvalue weighted by Gasteiger charge is -2.26. The Morgan fingerprint density at radius 3 is 2.50 bits per heavy atom. The first-order chi connectivity index (χ1) is 19.1. The van der Waals surface area contributed by atoms with Crippen molar-refractivity contribution in [3.63, 3.8) is 0 Å². The number of carbonyl (C=O) groups is 1. The topological polar surface area (TPSA) is 106 Å². The highest BCUT2D eigenvalue weighted by atomic mass is 19.2. The number of halogens is 2. The van der Waals surface area contributed by atoms with Gasteiger partial charge in [-0.2, -0.15) is 9.65 Å². The van der Waals surface area contributed by atoms with Gasteiger partial charge in [0.05, 0.1) is 18.7 Å². The van der Waals surface area contributed by atoms with Crippen molar-refractivity contribution in [2.45, 2.75) is 59.5 Å². The molecule has 2 aromatic rings. The van der Waals surface area contributed by atoms with E-state index in [1.165, 1.54) is 18.3 Å². The Hall–Kier alpha value is -3.93. The van der Waals surface area contributed by atoms with Gasteiger partial charge in [0.25, 0.3) is 0 Å². The molecule has 1 aromatic carbocycles. The highest BCUT2D eigenvalue weighted by molar-refractivity contribution is 5.68. The van der Waals surface area contributed by atoms with Crippen LogP contribution in [0.3, 0.4) is 0 Å². The molecule has 0 aliphatic carbocycles. The zero-order valence-electron chi connectivity index (χ0n) is 23.6. The molecule has 11 heteroatoms. The number of ether oxygens (including phenoxy) is 4. The van der Waals surface area contributed by atoms with E-state index in [0.29, 0.717) is 31.0 Å². The number of hydrogen-bond donors (Lipinski definition) is 1. The fourth-order valence-electron chi connectivity index (χ4n) is 3.42. The summed E-state index contributed by atoms with van der Waals surface area (Å²) in [6, 6.07) is 8.11. The van der Waals surface area contributed by atoms with Crippen LogP contribution in [-0.2, 0) is 20.8 Å². The maximum atomic E-state index is 14.9. The van der Waals surface area contributed by atoms with E-state index in [1.807, 2.05) is 13.0 Å². The molecule has 40 heavy (non-hydrogen) atoms. The Bertz CT molecular complexity index is 1200. The van der Waals surface area contributed by atoms with Crippen LogP contribution in [0.2, 0.25) is 0 Å². The number of nitrogens with one attached hydrogen (secondary N) is 1. The normalized spacial score (nSPS) is 11.6. The molecule has 1 N–H and O–H groups in total. The minimum atomic E-state index is -1.05. The summed E-state index contributed by atoms with van der Waals surface area (Å²) in [5.41, 5.74) is -0.110. The molecule has 1 unspecified atom stereocenters. The second-order valence-electron chi connectivity index (χ2n) is 9.42. The molecule has 216 valence electrons. The minimum Gasteiger partial charge on any atom is -0.491 e. The van der Waals surface area contributed by atoms with Gasteiger partial charge >= 0.3 is 6.09 Å². The highest BCUT2D eigenvalue weighted by Crippen LogP contribution is 2.25. The van der Waals surface area contributed by atoms with Gasteiger partial charge < -0.3 is 29.2 Å². The molecule has 0 aliphatic rings. The molecule has 1 heterocycles. The number of pyridine rings is 1. The predicted molar refractivity (Wildman–Crippen MR) is 146 cm³/mol. The lowest BCUT2D eigenvalue weighted by Crippen LogP contribution is -2.32. The summed E-state index contributed by atoms with van der Waals surface area (Å²) >= 11 is 0. The van der Waals surface area contributed by atoms with Crippen LogP contribution in [0.25, 0.3) is 0 Å². The first kappa shape index (κ1) is 32.3. The monoisotopic (exact) mass is 558 g/mol. The number of rotatable bonds is 13. The van der Waals surface area contributed by atoms with E-state index in [1.54, 1.807) is 44.7 Å². The number of aromatic nitrogens is 1. The smallest absolute Gasteiger partial charge is 0.408 e. The van der Waals surface area contributed by atoms with E-state index in [9.17, 15) is 13.6 Å². The van der Waals surface area contributed by atoms with Crippen molar-refractivity contribution in [3.05, 3.63) is 53.2 Å². The number of anilines is 1. The Balaban J connectivity index is 2.06. The SMILES string of the molecule is CCOc1ccc(CN(CCC(OCC)OCC#CCNC(=O)OC(C)(C)C)c2ccc(C#N)cn2)c(F)c1F. The molecule has 1 amide bonds. The molecule has 0 radical (unpaired) electrons. The van der Waals surface area contributed by atoms with Gasteiger partial charge in [0.2, 0.25) is 5.82 Å². The maximum absolute atomic E-state index is 14.9. The molecule has 1 atom stereocenters. The number of amides is 1. The van der Waals surface area contributed by atoms with Gasteiger partial charge in [-0.15, -0.1) is 0 Å². The summed E-state index contributed by atoms with van der Waals surface area (Å²) in [4.78, 5) is 17.7. The van der Waals surface area contributed by atoms with Gasteiger partial charge in [0, 0.05) is 37.9 Å². The van der Waals surface area contributed by atoms with Gasteiger partial charge in [0.15, 0.2) is 17.9 Å². The van der Waals surface area contributed by atoms with Crippen molar-refractivity contribution in [1.82, 2.24) is 10.3 Å². The summed E-state index contributed by atoms with van der Waals surface area (Å²) in [6.07, 6.45) is 0.569. The third-order valence-electron chi connectivity index (χ3n) is 5.16. The molecule has 2 rings (SSSR count). The molecule has 0 bridgehead atoms. The van der Waals surface area contributed by atoms with Gasteiger partial charge in [-0.25, -0.2) is 14.2 Å². The van der Waals surface area contributed by atoms with Crippen molar-refractivity contribution in [2.75, 3.05) is 37.8 Å². The molecular weight excluding hydrogens is 522 g/mol. The Morgan fingerprint density at radius 2 is 1.88 bits per heavy atom. The summed E-state index contributed by atoms with van der Waals surface area (Å²) in [6.45, 7) is 9.87. The van der Waals surface area contributed by atoms with E-state index < -0.39 is 29.6 Å². The number of carbonyl (C=O) groups excluding carboxylic acids is 1. The van der Waals surface area contributed by atoms with Crippen molar-refractivity contribution >= 4 is 11.9 Å². The average Bonchev–Trinajstić information content (AvgIpc) is 2.91. The number of alkyl carbamates (subject to hydrolysis) is 1. The van der Waals surface area contributed by atoms with Crippen LogP contribution >= 0.6 is 0 Å². The van der Waals surface area contributed by atoms with Crippen LogP contribution in [0, 0.1) is 34.8 Å². The van der Waals surface area contributed by atoms with Crippen LogP contribution in [0.4, 0.5) is 19.4 Å². The molecule has 0 aliphatic heterocycles. The van der Waals surface area contributed by atoms with E-state index in [4.69, 9.17) is 24.2 Å². The number of nitriles is 1. The van der Waals surface area contributed by atoms with Gasteiger partial charge in [-0.1, -0.05) is 17.9 Å². The van der Waals surface area contributed by atoms with Crippen LogP contribution in [-0.4, -0.2) is 55.9 Å². The first-order valence-electron chi connectivity index (χ1n) is 12.9. The molecule has 0 spiro atoms. The third kappa shape index (κ3) is 11.0. The zero-order valence-corrected chi connectivity index (χ0v) is 23.6. The van der Waals surface area contributed by atoms with Gasteiger partial charge in [-0.3, -0.25) is 0 Å². The molecule has 9 nitrogen and oxygen atoms in total. The predicted octanol–water partition coefficient (Wildman–Crippen LogP) is 4.93. The molecule has 0 saturated heterocycles. The van der Waals surface area contributed by atoms with Crippen molar-refractivity contribution in [1.29, 1.82) is 5.26 Å². The molecular formula is C29H36F2N4O5. The zero-order chi connectivity index (χ0) is 29.5. The fourth-order valence-corrected chi connectivity index (χ4v) is 3.42. The average molecular weight is 559 g/mol. The Labute approximate surface area is 234 Å². The fraction of sp³-hybridized carbons (Fsp3) is 0.483. The number of benzene rings is 1. The van der Waals surface area contributed by atoms with E-state index in [-0.39, 0.29) is 37.6 Å². The lowest BCUT2D eigenvalue weighted by molar-refractivity contribution is -0.132. The van der Waals surface area contributed by atoms with Crippen molar-refractivity contribution < 1.29 is 32.5 Å². The lowest BCUT2D eigenvalue weighted by atomic mass is 10.1. The highest BCUT2D eigenvalue weighted by Gasteiger charge is 2.20. The standard InChI is InChI=1S/C29H36F2N4O5/c1-6-37-23-12-11-22(26(30)27(23)31)20-35(24-13-10-21(18-32)19-34-24)16-14-25(38-7-2)39-17-9-8-15-33-28(36)40-29(3,4)5/h10-13,19,25H,6-7,14-17,20H2,1-5H3,(H,33,36). The van der Waals surface area contributed by atoms with E-state index >= 15 is 0 Å². The van der Waals surface area contributed by atoms with Crippen molar-refractivity contribution in [3.8, 4) is 23.7 Å². The molecule has 0 fully saturated rings. The third-order valence-corrected chi connectivity index (χ3v) is 5.16. The maximum Gasteiger partial charge on any atom is 0.408 e. The van der Waals surface area contributed by atoms with E-state index in [0.717, 1.165) is 0 Å². The summed E-state index contributed by atoms with van der Waals surface area (Å²) in [5, 5.41) is 11.6. The molecule has 0 saturated carbocycles. The minimum absolute atomic E-state index is 0.00302. The second-order valence-corrected chi connectivity index (χ2v) is 9.42.